The third kappa shape index (κ3) is 4.48. The van der Waals surface area contributed by atoms with E-state index in [1.807, 2.05) is 0 Å². The van der Waals surface area contributed by atoms with E-state index >= 15 is 4.39 Å². The molecule has 2 fully saturated rings. The number of carboxylic acid groups (broad SMARTS) is 1. The van der Waals surface area contributed by atoms with Crippen molar-refractivity contribution in [3.63, 3.8) is 0 Å². The number of pyridine rings is 2. The maximum atomic E-state index is 15.2. The number of hydrogen-bond acceptors (Lipinski definition) is 9. The highest BCUT2D eigenvalue weighted by Crippen LogP contribution is 2.37. The number of aromatic nitrogens is 4. The normalized spacial score (nSPS) is 18.9. The Morgan fingerprint density at radius 2 is 2.17 bits per heavy atom. The summed E-state index contributed by atoms with van der Waals surface area (Å²) < 4.78 is 16.9. The SMILES string of the molecule is CON=C1CN(c2nc3c(cc2F)c(=O)c(C(=O)O)cn3C2CC2)CC1CNc1cncc(Cl)n1. The number of carboxylic acids is 1. The largest absolute Gasteiger partial charge is 0.477 e. The lowest BCUT2D eigenvalue weighted by molar-refractivity contribution is 0.0695. The smallest absolute Gasteiger partial charge is 0.341 e. The van der Waals surface area contributed by atoms with Crippen LogP contribution in [0, 0.1) is 11.7 Å². The van der Waals surface area contributed by atoms with Gasteiger partial charge in [0.05, 0.1) is 30.0 Å². The lowest BCUT2D eigenvalue weighted by Crippen LogP contribution is -2.26. The lowest BCUT2D eigenvalue weighted by Gasteiger charge is -2.19. The Bertz CT molecular complexity index is 1410. The molecule has 1 saturated heterocycles. The molecule has 0 aromatic carbocycles. The number of halogens is 2. The summed E-state index contributed by atoms with van der Waals surface area (Å²) in [6.45, 7) is 1.05. The lowest BCUT2D eigenvalue weighted by atomic mass is 10.1. The Morgan fingerprint density at radius 1 is 1.37 bits per heavy atom. The standard InChI is InChI=1S/C22H21ClFN7O4/c1-35-29-16-10-30(8-11(16)5-26-18-7-25-6-17(23)27-18)21-15(24)4-13-19(32)14(22(33)34)9-31(12-2-3-12)20(13)28-21/h4,6-7,9,11-12H,2-3,5,8,10H2,1H3,(H,26,27)(H,33,34). The molecule has 0 radical (unpaired) electrons. The molecule has 3 aromatic rings. The van der Waals surface area contributed by atoms with Crippen molar-refractivity contribution in [1.82, 2.24) is 19.5 Å². The van der Waals surface area contributed by atoms with Crippen LogP contribution >= 0.6 is 11.6 Å². The Balaban J connectivity index is 1.48. The van der Waals surface area contributed by atoms with Crippen molar-refractivity contribution in [2.45, 2.75) is 18.9 Å². The van der Waals surface area contributed by atoms with Crippen LogP contribution < -0.4 is 15.6 Å². The molecule has 4 heterocycles. The second-order valence-corrected chi connectivity index (χ2v) is 8.82. The van der Waals surface area contributed by atoms with E-state index in [0.29, 0.717) is 24.6 Å². The van der Waals surface area contributed by atoms with Crippen molar-refractivity contribution >= 4 is 46.0 Å². The van der Waals surface area contributed by atoms with Gasteiger partial charge >= 0.3 is 5.97 Å². The molecule has 1 atom stereocenters. The molecule has 2 N–H and O–H groups in total. The van der Waals surface area contributed by atoms with E-state index in [4.69, 9.17) is 16.4 Å². The van der Waals surface area contributed by atoms with Gasteiger partial charge in [-0.25, -0.2) is 19.2 Å². The number of oxime groups is 1. The van der Waals surface area contributed by atoms with Crippen molar-refractivity contribution in [3.05, 3.63) is 51.4 Å². The Labute approximate surface area is 203 Å². The van der Waals surface area contributed by atoms with E-state index in [9.17, 15) is 14.7 Å². The van der Waals surface area contributed by atoms with Crippen LogP contribution in [0.3, 0.4) is 0 Å². The van der Waals surface area contributed by atoms with Crippen LogP contribution in [0.1, 0.15) is 29.2 Å². The van der Waals surface area contributed by atoms with E-state index in [1.165, 1.54) is 19.5 Å². The molecule has 3 aromatic heterocycles. The average Bonchev–Trinajstić information content (AvgIpc) is 3.59. The summed E-state index contributed by atoms with van der Waals surface area (Å²) in [7, 11) is 1.44. The molecule has 0 spiro atoms. The molecule has 11 nitrogen and oxygen atoms in total. The summed E-state index contributed by atoms with van der Waals surface area (Å²) in [6, 6.07) is 1.10. The minimum absolute atomic E-state index is 0.0296. The molecule has 1 aliphatic carbocycles. The number of hydrogen-bond donors (Lipinski definition) is 2. The van der Waals surface area contributed by atoms with Gasteiger partial charge in [-0.15, -0.1) is 0 Å². The van der Waals surface area contributed by atoms with Crippen LogP contribution in [-0.2, 0) is 4.84 Å². The zero-order chi connectivity index (χ0) is 24.7. The van der Waals surface area contributed by atoms with Crippen LogP contribution in [0.5, 0.6) is 0 Å². The van der Waals surface area contributed by atoms with E-state index in [-0.39, 0.29) is 40.5 Å². The fourth-order valence-electron chi connectivity index (χ4n) is 4.22. The number of nitrogens with one attached hydrogen (secondary N) is 1. The number of rotatable bonds is 7. The van der Waals surface area contributed by atoms with Gasteiger partial charge in [0, 0.05) is 31.2 Å². The summed E-state index contributed by atoms with van der Waals surface area (Å²) in [5.41, 5.74) is -0.212. The van der Waals surface area contributed by atoms with Gasteiger partial charge in [-0.05, 0) is 18.9 Å². The molecular weight excluding hydrogens is 481 g/mol. The van der Waals surface area contributed by atoms with Gasteiger partial charge in [-0.1, -0.05) is 16.8 Å². The van der Waals surface area contributed by atoms with Crippen LogP contribution in [0.4, 0.5) is 16.0 Å². The first-order valence-electron chi connectivity index (χ1n) is 10.9. The Kier molecular flexibility index (Phi) is 5.97. The molecule has 1 saturated carbocycles. The van der Waals surface area contributed by atoms with Gasteiger partial charge < -0.3 is 24.7 Å². The van der Waals surface area contributed by atoms with E-state index in [2.05, 4.69) is 25.4 Å². The van der Waals surface area contributed by atoms with Crippen molar-refractivity contribution in [2.75, 3.05) is 37.0 Å². The molecule has 182 valence electrons. The van der Waals surface area contributed by atoms with Crippen LogP contribution in [0.15, 0.2) is 34.6 Å². The van der Waals surface area contributed by atoms with Crippen molar-refractivity contribution in [2.24, 2.45) is 11.1 Å². The number of anilines is 2. The summed E-state index contributed by atoms with van der Waals surface area (Å²) in [5, 5.41) is 16.9. The summed E-state index contributed by atoms with van der Waals surface area (Å²) in [5.74, 6) is -1.68. The van der Waals surface area contributed by atoms with Gasteiger partial charge in [0.25, 0.3) is 0 Å². The molecule has 0 bridgehead atoms. The van der Waals surface area contributed by atoms with E-state index in [0.717, 1.165) is 18.9 Å². The Morgan fingerprint density at radius 3 is 2.86 bits per heavy atom. The number of carbonyl (C=O) groups is 1. The fourth-order valence-corrected chi connectivity index (χ4v) is 4.37. The minimum Gasteiger partial charge on any atom is -0.477 e. The molecule has 0 amide bonds. The van der Waals surface area contributed by atoms with Crippen LogP contribution in [0.25, 0.3) is 11.0 Å². The fraction of sp³-hybridized carbons (Fsp3) is 0.364. The van der Waals surface area contributed by atoms with Crippen LogP contribution in [0.2, 0.25) is 5.15 Å². The first kappa shape index (κ1) is 23.0. The topological polar surface area (TPSA) is 135 Å². The molecular formula is C22H21ClFN7O4. The number of nitrogens with zero attached hydrogens (tertiary/aromatic N) is 6. The summed E-state index contributed by atoms with van der Waals surface area (Å²) in [6.07, 6.45) is 5.94. The second-order valence-electron chi connectivity index (χ2n) is 8.43. The maximum Gasteiger partial charge on any atom is 0.341 e. The van der Waals surface area contributed by atoms with Gasteiger partial charge in [0.2, 0.25) is 5.43 Å². The van der Waals surface area contributed by atoms with Gasteiger partial charge in [-0.3, -0.25) is 9.78 Å². The first-order chi connectivity index (χ1) is 16.9. The molecule has 2 aliphatic rings. The second kappa shape index (κ2) is 9.10. The van der Waals surface area contributed by atoms with Gasteiger partial charge in [0.1, 0.15) is 29.3 Å². The van der Waals surface area contributed by atoms with Crippen molar-refractivity contribution in [1.29, 1.82) is 0 Å². The molecule has 35 heavy (non-hydrogen) atoms. The third-order valence-electron chi connectivity index (χ3n) is 6.02. The average molecular weight is 502 g/mol. The summed E-state index contributed by atoms with van der Waals surface area (Å²) in [4.78, 5) is 43.6. The highest BCUT2D eigenvalue weighted by Gasteiger charge is 2.34. The van der Waals surface area contributed by atoms with Crippen molar-refractivity contribution < 1.29 is 19.1 Å². The van der Waals surface area contributed by atoms with Crippen molar-refractivity contribution in [3.8, 4) is 0 Å². The molecule has 1 unspecified atom stereocenters. The minimum atomic E-state index is -1.35. The maximum absolute atomic E-state index is 15.2. The zero-order valence-electron chi connectivity index (χ0n) is 18.6. The quantitative estimate of drug-likeness (QED) is 0.468. The van der Waals surface area contributed by atoms with Crippen LogP contribution in [-0.4, -0.2) is 63.1 Å². The monoisotopic (exact) mass is 501 g/mol. The Hall–Kier alpha value is -3.80. The molecule has 13 heteroatoms. The van der Waals surface area contributed by atoms with Gasteiger partial charge in [0.15, 0.2) is 11.6 Å². The van der Waals surface area contributed by atoms with E-state index in [1.54, 1.807) is 15.7 Å². The molecule has 5 rings (SSSR count). The highest BCUT2D eigenvalue weighted by atomic mass is 35.5. The molecule has 1 aliphatic heterocycles. The predicted octanol–water partition coefficient (Wildman–Crippen LogP) is 2.56. The van der Waals surface area contributed by atoms with Gasteiger partial charge in [-0.2, -0.15) is 0 Å². The zero-order valence-corrected chi connectivity index (χ0v) is 19.4. The van der Waals surface area contributed by atoms with E-state index < -0.39 is 22.8 Å². The highest BCUT2D eigenvalue weighted by molar-refractivity contribution is 6.29. The number of fused-ring (bicyclic) bond motifs is 1. The summed E-state index contributed by atoms with van der Waals surface area (Å²) >= 11 is 5.89. The first-order valence-corrected chi connectivity index (χ1v) is 11.3. The third-order valence-corrected chi connectivity index (χ3v) is 6.20. The number of aromatic carboxylic acids is 1. The predicted molar refractivity (Wildman–Crippen MR) is 127 cm³/mol.